The Morgan fingerprint density at radius 1 is 1.25 bits per heavy atom. The van der Waals surface area contributed by atoms with Crippen LogP contribution in [0.5, 0.6) is 0 Å². The van der Waals surface area contributed by atoms with E-state index in [0.717, 1.165) is 43.4 Å². The van der Waals surface area contributed by atoms with Gasteiger partial charge in [-0.05, 0) is 80.1 Å². The van der Waals surface area contributed by atoms with E-state index in [1.165, 1.54) is 12.1 Å². The predicted molar refractivity (Wildman–Crippen MR) is 155 cm³/mol. The number of aromatic amines is 1. The monoisotopic (exact) mass is 573 g/mol. The predicted octanol–water partition coefficient (Wildman–Crippen LogP) is 2.40. The quantitative estimate of drug-likeness (QED) is 0.166. The minimum atomic E-state index is -3.54. The van der Waals surface area contributed by atoms with Gasteiger partial charge in [0.25, 0.3) is 0 Å². The Labute approximate surface area is 236 Å². The highest BCUT2D eigenvalue weighted by Gasteiger charge is 2.22. The Bertz CT molecular complexity index is 1410. The molecule has 4 rings (SSSR count). The normalized spacial score (nSPS) is 15.8. The second-order valence-corrected chi connectivity index (χ2v) is 12.9. The molecule has 0 atom stereocenters. The topological polar surface area (TPSA) is 142 Å². The van der Waals surface area contributed by atoms with Gasteiger partial charge in [0, 0.05) is 30.5 Å². The van der Waals surface area contributed by atoms with Crippen molar-refractivity contribution >= 4 is 26.6 Å². The molecule has 218 valence electrons. The maximum atomic E-state index is 13.9. The minimum absolute atomic E-state index is 0.220. The molecule has 0 spiro atoms. The number of aliphatic hydroxyl groups excluding tert-OH is 1. The standard InChI is InChI=1S/C29H41FN6O3S/c1-20(2)15-21-3-6-24(7-4-21)40(38,39)33-11-14-35-12-9-22(10-13-35)17-36(32)18-26(31)29-25-16-23(30)5-8-27(25)34-28(29)19-37/h3-8,16,18,20,22,33-34,37H,9-15,17,19,31-32H2,1-2H3/p+1. The van der Waals surface area contributed by atoms with Crippen LogP contribution < -0.4 is 16.3 Å². The van der Waals surface area contributed by atoms with Crippen LogP contribution in [-0.2, 0) is 23.1 Å². The third-order valence-electron chi connectivity index (χ3n) is 7.41. The number of nitrogens with zero attached hydrogens (tertiary/aromatic N) is 2. The molecule has 0 unspecified atom stereocenters. The molecule has 2 aromatic carbocycles. The largest absolute Gasteiger partial charge is 0.390 e. The first kappa shape index (κ1) is 30.2. The molecule has 0 amide bonds. The summed E-state index contributed by atoms with van der Waals surface area (Å²) in [5, 5.41) is 12.1. The number of nitrogens with one attached hydrogen (secondary N) is 2. The molecule has 11 heteroatoms. The lowest BCUT2D eigenvalue weighted by atomic mass is 9.96. The van der Waals surface area contributed by atoms with Crippen molar-refractivity contribution in [1.29, 1.82) is 0 Å². The van der Waals surface area contributed by atoms with E-state index in [1.54, 1.807) is 29.4 Å². The number of quaternary nitrogens is 1. The maximum Gasteiger partial charge on any atom is 0.240 e. The number of halogens is 1. The van der Waals surface area contributed by atoms with E-state index in [0.29, 0.717) is 58.7 Å². The average Bonchev–Trinajstić information content (AvgIpc) is 3.27. The van der Waals surface area contributed by atoms with Gasteiger partial charge in [-0.15, -0.1) is 0 Å². The van der Waals surface area contributed by atoms with E-state index in [-0.39, 0.29) is 12.4 Å². The molecule has 0 aliphatic carbocycles. The molecule has 9 nitrogen and oxygen atoms in total. The lowest BCUT2D eigenvalue weighted by Crippen LogP contribution is -2.48. The number of hydrazine groups is 1. The van der Waals surface area contributed by atoms with E-state index in [1.807, 2.05) is 12.1 Å². The molecule has 40 heavy (non-hydrogen) atoms. The summed E-state index contributed by atoms with van der Waals surface area (Å²) in [7, 11) is -3.54. The molecule has 1 aliphatic rings. The summed E-state index contributed by atoms with van der Waals surface area (Å²) in [4.78, 5) is 5.68. The number of hydrogen-bond donors (Lipinski definition) is 5. The van der Waals surface area contributed by atoms with Gasteiger partial charge < -0.3 is 25.7 Å². The van der Waals surface area contributed by atoms with Gasteiger partial charge in [-0.25, -0.2) is 23.4 Å². The fraction of sp³-hybridized carbons (Fsp3) is 0.448. The first-order chi connectivity index (χ1) is 19.1. The molecule has 0 saturated carbocycles. The van der Waals surface area contributed by atoms with Gasteiger partial charge in [-0.3, -0.25) is 0 Å². The van der Waals surface area contributed by atoms with Crippen LogP contribution in [0.25, 0.3) is 16.6 Å². The van der Waals surface area contributed by atoms with Crippen molar-refractivity contribution < 1.29 is 23.6 Å². The van der Waals surface area contributed by atoms with E-state index < -0.39 is 10.0 Å². The van der Waals surface area contributed by atoms with Crippen LogP contribution in [0.2, 0.25) is 0 Å². The van der Waals surface area contributed by atoms with Crippen LogP contribution in [0.1, 0.15) is 43.5 Å². The number of rotatable bonds is 12. The molecule has 3 aromatic rings. The Morgan fingerprint density at radius 3 is 2.60 bits per heavy atom. The summed E-state index contributed by atoms with van der Waals surface area (Å²) in [5.41, 5.74) is 7.83. The SMILES string of the molecule is CC(C)Cc1ccc(S(=O)(=O)NCCN2CCC(CN(N)C=C([NH3+])c3c(CO)[nH]c4ccc(F)cc34)CC2)cc1. The van der Waals surface area contributed by atoms with Crippen molar-refractivity contribution in [1.82, 2.24) is 19.6 Å². The lowest BCUT2D eigenvalue weighted by Gasteiger charge is -2.33. The molecule has 0 radical (unpaired) electrons. The Morgan fingerprint density at radius 2 is 1.95 bits per heavy atom. The van der Waals surface area contributed by atoms with Gasteiger partial charge in [0.1, 0.15) is 5.82 Å². The van der Waals surface area contributed by atoms with Crippen molar-refractivity contribution in [2.45, 2.75) is 44.6 Å². The lowest BCUT2D eigenvalue weighted by molar-refractivity contribution is -0.245. The van der Waals surface area contributed by atoms with Crippen molar-refractivity contribution in [3.8, 4) is 0 Å². The molecule has 0 bridgehead atoms. The third-order valence-corrected chi connectivity index (χ3v) is 8.89. The zero-order chi connectivity index (χ0) is 28.9. The van der Waals surface area contributed by atoms with E-state index in [4.69, 9.17) is 5.84 Å². The first-order valence-corrected chi connectivity index (χ1v) is 15.3. The van der Waals surface area contributed by atoms with Crippen LogP contribution in [0.4, 0.5) is 4.39 Å². The number of hydrogen-bond acceptors (Lipinski definition) is 6. The fourth-order valence-electron chi connectivity index (χ4n) is 5.41. The van der Waals surface area contributed by atoms with Gasteiger partial charge in [0.15, 0.2) is 5.70 Å². The summed E-state index contributed by atoms with van der Waals surface area (Å²) in [6.45, 7) is 7.43. The van der Waals surface area contributed by atoms with Gasteiger partial charge in [-0.2, -0.15) is 0 Å². The van der Waals surface area contributed by atoms with E-state index in [2.05, 4.69) is 34.2 Å². The third kappa shape index (κ3) is 7.68. The Hall–Kier alpha value is -2.80. The first-order valence-electron chi connectivity index (χ1n) is 13.8. The summed E-state index contributed by atoms with van der Waals surface area (Å²) in [6, 6.07) is 11.6. The second-order valence-electron chi connectivity index (χ2n) is 11.1. The molecule has 8 N–H and O–H groups in total. The van der Waals surface area contributed by atoms with Gasteiger partial charge in [0.2, 0.25) is 10.0 Å². The molecule has 1 saturated heterocycles. The highest BCUT2D eigenvalue weighted by atomic mass is 32.2. The molecule has 2 heterocycles. The van der Waals surface area contributed by atoms with Crippen LogP contribution in [0.3, 0.4) is 0 Å². The number of fused-ring (bicyclic) bond motifs is 1. The average molecular weight is 574 g/mol. The van der Waals surface area contributed by atoms with Crippen molar-refractivity contribution in [3.63, 3.8) is 0 Å². The molecule has 1 aromatic heterocycles. The van der Waals surface area contributed by atoms with Gasteiger partial charge in [0.05, 0.1) is 29.0 Å². The number of sulfonamides is 1. The second kappa shape index (κ2) is 13.2. The van der Waals surface area contributed by atoms with Gasteiger partial charge in [-0.1, -0.05) is 26.0 Å². The summed E-state index contributed by atoms with van der Waals surface area (Å²) in [5.74, 6) is 6.85. The number of likely N-dealkylation sites (tertiary alicyclic amines) is 1. The zero-order valence-electron chi connectivity index (χ0n) is 23.4. The van der Waals surface area contributed by atoms with E-state index >= 15 is 0 Å². The minimum Gasteiger partial charge on any atom is -0.390 e. The van der Waals surface area contributed by atoms with Crippen LogP contribution in [0.15, 0.2) is 53.6 Å². The number of H-pyrrole nitrogens is 1. The number of nitrogens with two attached hydrogens (primary N) is 1. The molecular weight excluding hydrogens is 531 g/mol. The van der Waals surface area contributed by atoms with Crippen molar-refractivity contribution in [2.75, 3.05) is 32.7 Å². The fourth-order valence-corrected chi connectivity index (χ4v) is 6.43. The van der Waals surface area contributed by atoms with Crippen molar-refractivity contribution in [3.05, 3.63) is 71.3 Å². The number of aromatic nitrogens is 1. The summed E-state index contributed by atoms with van der Waals surface area (Å²) in [6.07, 6.45) is 4.55. The van der Waals surface area contributed by atoms with Gasteiger partial charge >= 0.3 is 0 Å². The highest BCUT2D eigenvalue weighted by molar-refractivity contribution is 7.89. The van der Waals surface area contributed by atoms with Crippen LogP contribution in [-0.4, -0.2) is 61.1 Å². The van der Waals surface area contributed by atoms with Crippen molar-refractivity contribution in [2.24, 2.45) is 17.7 Å². The molecular formula is C29H42FN6O3S+. The molecule has 1 fully saturated rings. The Kier molecular flexibility index (Phi) is 9.99. The highest BCUT2D eigenvalue weighted by Crippen LogP contribution is 2.27. The summed E-state index contributed by atoms with van der Waals surface area (Å²) < 4.78 is 42.0. The summed E-state index contributed by atoms with van der Waals surface area (Å²) >= 11 is 0. The number of aliphatic hydroxyl groups is 1. The number of benzene rings is 2. The van der Waals surface area contributed by atoms with Crippen LogP contribution >= 0.6 is 0 Å². The van der Waals surface area contributed by atoms with Crippen LogP contribution in [0, 0.1) is 17.7 Å². The maximum absolute atomic E-state index is 13.9. The number of piperidine rings is 1. The zero-order valence-corrected chi connectivity index (χ0v) is 24.2. The Balaban J connectivity index is 1.24. The van der Waals surface area contributed by atoms with E-state index in [9.17, 15) is 17.9 Å². The smallest absolute Gasteiger partial charge is 0.240 e. The molecule has 1 aliphatic heterocycles.